The maximum absolute atomic E-state index is 12.5. The fourth-order valence-electron chi connectivity index (χ4n) is 2.96. The third-order valence-electron chi connectivity index (χ3n) is 3.98. The third-order valence-corrected chi connectivity index (χ3v) is 6.38. The summed E-state index contributed by atoms with van der Waals surface area (Å²) in [6.45, 7) is 0.457. The molecule has 0 amide bonds. The Morgan fingerprint density at radius 3 is 2.33 bits per heavy atom. The standard InChI is InChI=1S/C12H21NO4S/c1-17-12(14)11-8-4-5-9-13(11)18(15,16)10-6-2-3-7-10/h10-11H,2-9H2,1H3. The maximum atomic E-state index is 12.5. The molecule has 0 aromatic carbocycles. The monoisotopic (exact) mass is 275 g/mol. The van der Waals surface area contributed by atoms with Crippen molar-refractivity contribution in [1.29, 1.82) is 0 Å². The minimum Gasteiger partial charge on any atom is -0.468 e. The number of hydrogen-bond acceptors (Lipinski definition) is 4. The van der Waals surface area contributed by atoms with Gasteiger partial charge in [0.2, 0.25) is 10.0 Å². The molecule has 2 fully saturated rings. The SMILES string of the molecule is COC(=O)C1CCCCN1S(=O)(=O)C1CCCC1. The van der Waals surface area contributed by atoms with Gasteiger partial charge in [-0.2, -0.15) is 4.31 Å². The van der Waals surface area contributed by atoms with Gasteiger partial charge in [-0.25, -0.2) is 8.42 Å². The van der Waals surface area contributed by atoms with Crippen molar-refractivity contribution in [2.24, 2.45) is 0 Å². The molecule has 0 aromatic rings. The first-order valence-corrected chi connectivity index (χ1v) is 8.16. The lowest BCUT2D eigenvalue weighted by Gasteiger charge is -2.34. The lowest BCUT2D eigenvalue weighted by Crippen LogP contribution is -2.51. The molecule has 1 saturated heterocycles. The van der Waals surface area contributed by atoms with Gasteiger partial charge in [0.25, 0.3) is 0 Å². The zero-order chi connectivity index (χ0) is 13.2. The number of methoxy groups -OCH3 is 1. The highest BCUT2D eigenvalue weighted by atomic mass is 32.2. The van der Waals surface area contributed by atoms with Gasteiger partial charge in [-0.15, -0.1) is 0 Å². The van der Waals surface area contributed by atoms with Gasteiger partial charge in [-0.1, -0.05) is 12.8 Å². The van der Waals surface area contributed by atoms with Crippen LogP contribution in [0.1, 0.15) is 44.9 Å². The minimum atomic E-state index is -3.33. The number of sulfonamides is 1. The topological polar surface area (TPSA) is 63.7 Å². The lowest BCUT2D eigenvalue weighted by molar-refractivity contribution is -0.146. The number of nitrogens with zero attached hydrogens (tertiary/aromatic N) is 1. The van der Waals surface area contributed by atoms with Gasteiger partial charge in [0.15, 0.2) is 0 Å². The molecule has 0 bridgehead atoms. The first-order valence-electron chi connectivity index (χ1n) is 6.66. The molecule has 2 rings (SSSR count). The average Bonchev–Trinajstić information content (AvgIpc) is 2.92. The van der Waals surface area contributed by atoms with Crippen molar-refractivity contribution in [2.75, 3.05) is 13.7 Å². The Kier molecular flexibility index (Phi) is 4.27. The summed E-state index contributed by atoms with van der Waals surface area (Å²) < 4.78 is 31.2. The van der Waals surface area contributed by atoms with Crippen LogP contribution in [0.2, 0.25) is 0 Å². The fourth-order valence-corrected chi connectivity index (χ4v) is 5.20. The van der Waals surface area contributed by atoms with E-state index in [1.165, 1.54) is 11.4 Å². The molecule has 1 saturated carbocycles. The Labute approximate surface area is 109 Å². The van der Waals surface area contributed by atoms with Crippen molar-refractivity contribution in [1.82, 2.24) is 4.31 Å². The second kappa shape index (κ2) is 5.57. The number of rotatable bonds is 3. The van der Waals surface area contributed by atoms with Gasteiger partial charge in [0, 0.05) is 6.54 Å². The first kappa shape index (κ1) is 13.8. The molecule has 18 heavy (non-hydrogen) atoms. The van der Waals surface area contributed by atoms with Crippen LogP contribution in [0.25, 0.3) is 0 Å². The molecule has 1 atom stereocenters. The number of hydrogen-bond donors (Lipinski definition) is 0. The highest BCUT2D eigenvalue weighted by Crippen LogP contribution is 2.31. The molecule has 6 heteroatoms. The second-order valence-electron chi connectivity index (χ2n) is 5.10. The van der Waals surface area contributed by atoms with Crippen molar-refractivity contribution in [3.8, 4) is 0 Å². The van der Waals surface area contributed by atoms with E-state index in [0.717, 1.165) is 38.5 Å². The first-order chi connectivity index (χ1) is 8.57. The van der Waals surface area contributed by atoms with Gasteiger partial charge in [-0.05, 0) is 32.1 Å². The summed E-state index contributed by atoms with van der Waals surface area (Å²) in [5, 5.41) is -0.289. The summed E-state index contributed by atoms with van der Waals surface area (Å²) in [4.78, 5) is 11.7. The van der Waals surface area contributed by atoms with Crippen LogP contribution in [-0.4, -0.2) is 43.6 Å². The summed E-state index contributed by atoms with van der Waals surface area (Å²) in [6.07, 6.45) is 5.70. The van der Waals surface area contributed by atoms with E-state index in [0.29, 0.717) is 13.0 Å². The molecule has 5 nitrogen and oxygen atoms in total. The van der Waals surface area contributed by atoms with E-state index in [1.54, 1.807) is 0 Å². The summed E-state index contributed by atoms with van der Waals surface area (Å²) in [7, 11) is -2.02. The molecule has 1 unspecified atom stereocenters. The highest BCUT2D eigenvalue weighted by Gasteiger charge is 2.42. The number of carbonyl (C=O) groups is 1. The van der Waals surface area contributed by atoms with Crippen LogP contribution < -0.4 is 0 Å². The number of ether oxygens (including phenoxy) is 1. The molecule has 1 heterocycles. The van der Waals surface area contributed by atoms with E-state index in [2.05, 4.69) is 0 Å². The van der Waals surface area contributed by atoms with Crippen LogP contribution in [0.3, 0.4) is 0 Å². The van der Waals surface area contributed by atoms with Crippen LogP contribution in [0.5, 0.6) is 0 Å². The van der Waals surface area contributed by atoms with Crippen molar-refractivity contribution >= 4 is 16.0 Å². The van der Waals surface area contributed by atoms with Gasteiger partial charge < -0.3 is 4.74 Å². The fraction of sp³-hybridized carbons (Fsp3) is 0.917. The van der Waals surface area contributed by atoms with E-state index < -0.39 is 22.0 Å². The smallest absolute Gasteiger partial charge is 0.324 e. The van der Waals surface area contributed by atoms with Gasteiger partial charge >= 0.3 is 5.97 Å². The van der Waals surface area contributed by atoms with Gasteiger partial charge in [-0.3, -0.25) is 4.79 Å². The van der Waals surface area contributed by atoms with Gasteiger partial charge in [0.1, 0.15) is 6.04 Å². The summed E-state index contributed by atoms with van der Waals surface area (Å²) >= 11 is 0. The molecule has 104 valence electrons. The Bertz CT molecular complexity index is 400. The van der Waals surface area contributed by atoms with Crippen LogP contribution in [0, 0.1) is 0 Å². The zero-order valence-corrected chi connectivity index (χ0v) is 11.6. The summed E-state index contributed by atoms with van der Waals surface area (Å²) in [6, 6.07) is -0.602. The summed E-state index contributed by atoms with van der Waals surface area (Å²) in [5.41, 5.74) is 0. The van der Waals surface area contributed by atoms with Crippen molar-refractivity contribution in [3.05, 3.63) is 0 Å². The number of esters is 1. The quantitative estimate of drug-likeness (QED) is 0.728. The predicted octanol–water partition coefficient (Wildman–Crippen LogP) is 1.29. The van der Waals surface area contributed by atoms with Gasteiger partial charge in [0.05, 0.1) is 12.4 Å². The lowest BCUT2D eigenvalue weighted by atomic mass is 10.1. The van der Waals surface area contributed by atoms with Crippen LogP contribution in [-0.2, 0) is 19.6 Å². The van der Waals surface area contributed by atoms with Crippen LogP contribution in [0.15, 0.2) is 0 Å². The normalized spacial score (nSPS) is 27.3. The van der Waals surface area contributed by atoms with E-state index in [9.17, 15) is 13.2 Å². The Morgan fingerprint density at radius 2 is 1.72 bits per heavy atom. The van der Waals surface area contributed by atoms with Crippen LogP contribution in [0.4, 0.5) is 0 Å². The van der Waals surface area contributed by atoms with Crippen molar-refractivity contribution in [2.45, 2.75) is 56.2 Å². The van der Waals surface area contributed by atoms with E-state index in [1.807, 2.05) is 0 Å². The Balaban J connectivity index is 2.19. The van der Waals surface area contributed by atoms with Crippen molar-refractivity contribution < 1.29 is 17.9 Å². The zero-order valence-electron chi connectivity index (χ0n) is 10.8. The molecule has 0 N–H and O–H groups in total. The molecule has 2 aliphatic rings. The second-order valence-corrected chi connectivity index (χ2v) is 7.26. The Morgan fingerprint density at radius 1 is 1.11 bits per heavy atom. The molecule has 0 spiro atoms. The third kappa shape index (κ3) is 2.54. The Hall–Kier alpha value is -0.620. The molecule has 1 aliphatic heterocycles. The average molecular weight is 275 g/mol. The largest absolute Gasteiger partial charge is 0.468 e. The summed E-state index contributed by atoms with van der Waals surface area (Å²) in [5.74, 6) is -0.420. The maximum Gasteiger partial charge on any atom is 0.324 e. The number of piperidine rings is 1. The van der Waals surface area contributed by atoms with E-state index in [-0.39, 0.29) is 5.25 Å². The van der Waals surface area contributed by atoms with Crippen LogP contribution >= 0.6 is 0 Å². The molecular weight excluding hydrogens is 254 g/mol. The highest BCUT2D eigenvalue weighted by molar-refractivity contribution is 7.89. The minimum absolute atomic E-state index is 0.289. The molecule has 0 aromatic heterocycles. The number of carbonyl (C=O) groups excluding carboxylic acids is 1. The molecule has 1 aliphatic carbocycles. The molecule has 0 radical (unpaired) electrons. The molecular formula is C12H21NO4S. The predicted molar refractivity (Wildman–Crippen MR) is 67.5 cm³/mol. The van der Waals surface area contributed by atoms with Crippen molar-refractivity contribution in [3.63, 3.8) is 0 Å². The van der Waals surface area contributed by atoms with E-state index in [4.69, 9.17) is 4.74 Å². The van der Waals surface area contributed by atoms with E-state index >= 15 is 0 Å².